The van der Waals surface area contributed by atoms with Crippen molar-refractivity contribution in [3.05, 3.63) is 0 Å². The van der Waals surface area contributed by atoms with Crippen molar-refractivity contribution in [1.82, 2.24) is 10.6 Å². The molecule has 2 N–H and O–H groups in total. The minimum Gasteiger partial charge on any atom is -0.356 e. The van der Waals surface area contributed by atoms with Crippen LogP contribution in [0.2, 0.25) is 0 Å². The Bertz CT molecular complexity index is 215. The van der Waals surface area contributed by atoms with Crippen molar-refractivity contribution in [3.8, 4) is 0 Å². The lowest BCUT2D eigenvalue weighted by molar-refractivity contribution is -0.124. The smallest absolute Gasteiger partial charge is 0.222 e. The molecule has 0 aliphatic heterocycles. The molecule has 0 radical (unpaired) electrons. The van der Waals surface area contributed by atoms with Crippen LogP contribution in [0.25, 0.3) is 0 Å². The predicted molar refractivity (Wildman–Crippen MR) is 65.0 cm³/mol. The molecule has 2 amide bonds. The molecule has 0 saturated heterocycles. The van der Waals surface area contributed by atoms with Gasteiger partial charge in [-0.25, -0.2) is 0 Å². The number of carbonyl (C=O) groups is 2. The number of hydrogen-bond donors (Lipinski definition) is 2. The summed E-state index contributed by atoms with van der Waals surface area (Å²) in [6.07, 6.45) is 3.30. The Balaban J connectivity index is 3.37. The third-order valence-corrected chi connectivity index (χ3v) is 2.26. The molecule has 0 aliphatic carbocycles. The van der Waals surface area contributed by atoms with Crippen LogP contribution in [-0.2, 0) is 9.59 Å². The standard InChI is InChI=1S/C12H24N2O2/c1-4-5-8-13-11(15)7-6-9-14-12(16)10(2)3/h10H,4-9H2,1-3H3,(H,13,15)(H,14,16). The van der Waals surface area contributed by atoms with Gasteiger partial charge in [-0.1, -0.05) is 27.2 Å². The Morgan fingerprint density at radius 3 is 2.25 bits per heavy atom. The number of nitrogens with one attached hydrogen (secondary N) is 2. The van der Waals surface area contributed by atoms with E-state index in [0.29, 0.717) is 19.4 Å². The predicted octanol–water partition coefficient (Wildman–Crippen LogP) is 1.46. The number of amides is 2. The van der Waals surface area contributed by atoms with E-state index in [9.17, 15) is 9.59 Å². The Kier molecular flexibility index (Phi) is 8.58. The molecular formula is C12H24N2O2. The maximum Gasteiger partial charge on any atom is 0.222 e. The Hall–Kier alpha value is -1.06. The first-order valence-electron chi connectivity index (χ1n) is 6.12. The van der Waals surface area contributed by atoms with Crippen molar-refractivity contribution in [3.63, 3.8) is 0 Å². The first kappa shape index (κ1) is 14.9. The van der Waals surface area contributed by atoms with E-state index < -0.39 is 0 Å². The van der Waals surface area contributed by atoms with Gasteiger partial charge in [0.05, 0.1) is 0 Å². The van der Waals surface area contributed by atoms with Crippen LogP contribution in [0.15, 0.2) is 0 Å². The van der Waals surface area contributed by atoms with Crippen molar-refractivity contribution < 1.29 is 9.59 Å². The number of carbonyl (C=O) groups excluding carboxylic acids is 2. The van der Waals surface area contributed by atoms with Crippen molar-refractivity contribution in [2.75, 3.05) is 13.1 Å². The summed E-state index contributed by atoms with van der Waals surface area (Å²) in [6.45, 7) is 7.14. The van der Waals surface area contributed by atoms with E-state index in [2.05, 4.69) is 17.6 Å². The molecule has 0 fully saturated rings. The fraction of sp³-hybridized carbons (Fsp3) is 0.833. The van der Waals surface area contributed by atoms with Crippen LogP contribution < -0.4 is 10.6 Å². The first-order valence-corrected chi connectivity index (χ1v) is 6.12. The van der Waals surface area contributed by atoms with E-state index in [-0.39, 0.29) is 17.7 Å². The summed E-state index contributed by atoms with van der Waals surface area (Å²) in [5.41, 5.74) is 0. The maximum absolute atomic E-state index is 11.3. The second-order valence-corrected chi connectivity index (χ2v) is 4.25. The molecule has 4 heteroatoms. The van der Waals surface area contributed by atoms with Crippen molar-refractivity contribution in [1.29, 1.82) is 0 Å². The van der Waals surface area contributed by atoms with Crippen LogP contribution in [0.3, 0.4) is 0 Å². The summed E-state index contributed by atoms with van der Waals surface area (Å²) < 4.78 is 0. The van der Waals surface area contributed by atoms with Crippen LogP contribution in [0.5, 0.6) is 0 Å². The van der Waals surface area contributed by atoms with Crippen LogP contribution in [0.4, 0.5) is 0 Å². The van der Waals surface area contributed by atoms with Crippen LogP contribution in [-0.4, -0.2) is 24.9 Å². The van der Waals surface area contributed by atoms with Gasteiger partial charge in [0.2, 0.25) is 11.8 Å². The number of hydrogen-bond acceptors (Lipinski definition) is 2. The molecule has 0 rings (SSSR count). The van der Waals surface area contributed by atoms with Gasteiger partial charge in [0, 0.05) is 25.4 Å². The van der Waals surface area contributed by atoms with Crippen LogP contribution in [0, 0.1) is 5.92 Å². The molecule has 0 aromatic carbocycles. The molecule has 0 unspecified atom stereocenters. The summed E-state index contributed by atoms with van der Waals surface area (Å²) in [6, 6.07) is 0. The molecule has 0 spiro atoms. The molecule has 16 heavy (non-hydrogen) atoms. The normalized spacial score (nSPS) is 10.2. The zero-order valence-electron chi connectivity index (χ0n) is 10.6. The maximum atomic E-state index is 11.3. The summed E-state index contributed by atoms with van der Waals surface area (Å²) in [7, 11) is 0. The van der Waals surface area contributed by atoms with Crippen LogP contribution >= 0.6 is 0 Å². The molecule has 0 aromatic rings. The number of rotatable bonds is 8. The highest BCUT2D eigenvalue weighted by Crippen LogP contribution is 1.92. The zero-order chi connectivity index (χ0) is 12.4. The molecule has 4 nitrogen and oxygen atoms in total. The van der Waals surface area contributed by atoms with Gasteiger partial charge in [-0.3, -0.25) is 9.59 Å². The van der Waals surface area contributed by atoms with E-state index in [1.165, 1.54) is 0 Å². The van der Waals surface area contributed by atoms with Gasteiger partial charge < -0.3 is 10.6 Å². The van der Waals surface area contributed by atoms with Gasteiger partial charge in [-0.2, -0.15) is 0 Å². The molecule has 0 aliphatic rings. The highest BCUT2D eigenvalue weighted by molar-refractivity contribution is 5.78. The van der Waals surface area contributed by atoms with Gasteiger partial charge >= 0.3 is 0 Å². The molecule has 0 heterocycles. The fourth-order valence-electron chi connectivity index (χ4n) is 1.16. The first-order chi connectivity index (χ1) is 7.57. The van der Waals surface area contributed by atoms with E-state index in [1.54, 1.807) is 0 Å². The summed E-state index contributed by atoms with van der Waals surface area (Å²) in [5, 5.41) is 5.63. The molecule has 0 bridgehead atoms. The quantitative estimate of drug-likeness (QED) is 0.618. The van der Waals surface area contributed by atoms with Gasteiger partial charge in [0.15, 0.2) is 0 Å². The Morgan fingerprint density at radius 1 is 1.06 bits per heavy atom. The zero-order valence-corrected chi connectivity index (χ0v) is 10.6. The highest BCUT2D eigenvalue weighted by atomic mass is 16.2. The lowest BCUT2D eigenvalue weighted by Gasteiger charge is -2.07. The van der Waals surface area contributed by atoms with Crippen molar-refractivity contribution in [2.24, 2.45) is 5.92 Å². The van der Waals surface area contributed by atoms with E-state index in [0.717, 1.165) is 19.4 Å². The van der Waals surface area contributed by atoms with Crippen LogP contribution in [0.1, 0.15) is 46.5 Å². The van der Waals surface area contributed by atoms with E-state index >= 15 is 0 Å². The largest absolute Gasteiger partial charge is 0.356 e. The van der Waals surface area contributed by atoms with Gasteiger partial charge in [0.1, 0.15) is 0 Å². The highest BCUT2D eigenvalue weighted by Gasteiger charge is 2.05. The van der Waals surface area contributed by atoms with Crippen molar-refractivity contribution >= 4 is 11.8 Å². The molecule has 94 valence electrons. The van der Waals surface area contributed by atoms with Gasteiger partial charge in [0.25, 0.3) is 0 Å². The fourth-order valence-corrected chi connectivity index (χ4v) is 1.16. The van der Waals surface area contributed by atoms with Gasteiger partial charge in [-0.05, 0) is 12.8 Å². The molecule has 0 saturated carbocycles. The second-order valence-electron chi connectivity index (χ2n) is 4.25. The average molecular weight is 228 g/mol. The van der Waals surface area contributed by atoms with Gasteiger partial charge in [-0.15, -0.1) is 0 Å². The topological polar surface area (TPSA) is 58.2 Å². The summed E-state index contributed by atoms with van der Waals surface area (Å²) in [4.78, 5) is 22.5. The molecule has 0 atom stereocenters. The summed E-state index contributed by atoms with van der Waals surface area (Å²) >= 11 is 0. The number of unbranched alkanes of at least 4 members (excludes halogenated alkanes) is 1. The molecule has 0 aromatic heterocycles. The monoisotopic (exact) mass is 228 g/mol. The second kappa shape index (κ2) is 9.19. The summed E-state index contributed by atoms with van der Waals surface area (Å²) in [5.74, 6) is 0.136. The van der Waals surface area contributed by atoms with Crippen molar-refractivity contribution in [2.45, 2.75) is 46.5 Å². The van der Waals surface area contributed by atoms with E-state index in [1.807, 2.05) is 13.8 Å². The Morgan fingerprint density at radius 2 is 1.69 bits per heavy atom. The third kappa shape index (κ3) is 8.26. The molecular weight excluding hydrogens is 204 g/mol. The van der Waals surface area contributed by atoms with E-state index in [4.69, 9.17) is 0 Å². The minimum absolute atomic E-state index is 0.0124. The Labute approximate surface area is 98.2 Å². The lowest BCUT2D eigenvalue weighted by Crippen LogP contribution is -2.30. The minimum atomic E-state index is 0.0124. The third-order valence-electron chi connectivity index (χ3n) is 2.26. The lowest BCUT2D eigenvalue weighted by atomic mass is 10.2. The SMILES string of the molecule is CCCCNC(=O)CCCNC(=O)C(C)C. The average Bonchev–Trinajstić information content (AvgIpc) is 2.24.